The monoisotopic (exact) mass is 140 g/mol. The van der Waals surface area contributed by atoms with Crippen molar-refractivity contribution in [1.82, 2.24) is 4.90 Å². The maximum absolute atomic E-state index is 11.1. The van der Waals surface area contributed by atoms with Crippen LogP contribution in [-0.4, -0.2) is 30.4 Å². The van der Waals surface area contributed by atoms with E-state index < -0.39 is 0 Å². The molecule has 0 radical (unpaired) electrons. The average Bonchev–Trinajstić information content (AvgIpc) is 2.04. The van der Waals surface area contributed by atoms with E-state index in [9.17, 15) is 4.79 Å². The number of likely N-dealkylation sites (N-methyl/N-ethyl adjacent to an activating group) is 1. The van der Waals surface area contributed by atoms with Crippen LogP contribution in [-0.2, 0) is 4.79 Å². The largest absolute Gasteiger partial charge is 0.341 e. The van der Waals surface area contributed by atoms with Crippen LogP contribution in [0.5, 0.6) is 0 Å². The number of nitrogens with two attached hydrogens (primary N) is 1. The zero-order chi connectivity index (χ0) is 7.56. The van der Waals surface area contributed by atoms with E-state index in [1.165, 1.54) is 0 Å². The lowest BCUT2D eigenvalue weighted by molar-refractivity contribution is -0.130. The molecule has 0 aliphatic carbocycles. The lowest BCUT2D eigenvalue weighted by Gasteiger charge is -2.15. The molecule has 1 unspecified atom stereocenters. The van der Waals surface area contributed by atoms with Crippen molar-refractivity contribution in [2.24, 2.45) is 5.73 Å². The van der Waals surface area contributed by atoms with Gasteiger partial charge in [-0.2, -0.15) is 0 Å². The fraction of sp³-hybridized carbons (Fsp3) is 0.571. The van der Waals surface area contributed by atoms with Gasteiger partial charge in [0.05, 0.1) is 6.04 Å². The van der Waals surface area contributed by atoms with E-state index >= 15 is 0 Å². The normalized spacial score (nSPS) is 26.8. The summed E-state index contributed by atoms with van der Waals surface area (Å²) in [7, 11) is 1.76. The number of hydrogen-bond acceptors (Lipinski definition) is 2. The highest BCUT2D eigenvalue weighted by atomic mass is 16.2. The highest BCUT2D eigenvalue weighted by Gasteiger charge is 2.17. The molecule has 0 aromatic carbocycles. The predicted octanol–water partition coefficient (Wildman–Crippen LogP) is -0.268. The summed E-state index contributed by atoms with van der Waals surface area (Å²) in [6.45, 7) is 0.687. The van der Waals surface area contributed by atoms with Gasteiger partial charge in [-0.05, 0) is 6.42 Å². The van der Waals surface area contributed by atoms with E-state index in [1.54, 1.807) is 11.9 Å². The Morgan fingerprint density at radius 2 is 2.40 bits per heavy atom. The van der Waals surface area contributed by atoms with Crippen LogP contribution in [0.2, 0.25) is 0 Å². The Kier molecular flexibility index (Phi) is 2.06. The van der Waals surface area contributed by atoms with Gasteiger partial charge < -0.3 is 10.6 Å². The standard InChI is InChI=1S/C7H12N2O/c1-9-5-3-2-4-6(8)7(9)10/h2-3,6H,4-5,8H2,1H3. The summed E-state index contributed by atoms with van der Waals surface area (Å²) in [6, 6.07) is -0.330. The van der Waals surface area contributed by atoms with Gasteiger partial charge in [0.15, 0.2) is 0 Å². The van der Waals surface area contributed by atoms with E-state index in [2.05, 4.69) is 0 Å². The lowest BCUT2D eigenvalue weighted by atomic mass is 10.2. The molecule has 0 saturated heterocycles. The molecule has 3 nitrogen and oxygen atoms in total. The summed E-state index contributed by atoms with van der Waals surface area (Å²) in [4.78, 5) is 12.7. The van der Waals surface area contributed by atoms with Crippen molar-refractivity contribution in [2.75, 3.05) is 13.6 Å². The van der Waals surface area contributed by atoms with Crippen molar-refractivity contribution in [2.45, 2.75) is 12.5 Å². The zero-order valence-corrected chi connectivity index (χ0v) is 6.08. The van der Waals surface area contributed by atoms with Gasteiger partial charge in [-0.15, -0.1) is 0 Å². The SMILES string of the molecule is CN1CC=CCC(N)C1=O. The van der Waals surface area contributed by atoms with Gasteiger partial charge in [0.2, 0.25) is 5.91 Å². The molecular formula is C7H12N2O. The topological polar surface area (TPSA) is 46.3 Å². The summed E-state index contributed by atoms with van der Waals surface area (Å²) in [5.74, 6) is 0.0324. The molecule has 1 aliphatic heterocycles. The van der Waals surface area contributed by atoms with Gasteiger partial charge in [0.1, 0.15) is 0 Å². The minimum Gasteiger partial charge on any atom is -0.341 e. The minimum atomic E-state index is -0.330. The van der Waals surface area contributed by atoms with Crippen molar-refractivity contribution in [1.29, 1.82) is 0 Å². The first-order chi connectivity index (χ1) is 4.72. The van der Waals surface area contributed by atoms with E-state index in [1.807, 2.05) is 12.2 Å². The van der Waals surface area contributed by atoms with Crippen LogP contribution in [0.3, 0.4) is 0 Å². The molecular weight excluding hydrogens is 128 g/mol. The number of nitrogens with zero attached hydrogens (tertiary/aromatic N) is 1. The van der Waals surface area contributed by atoms with E-state index in [4.69, 9.17) is 5.73 Å². The fourth-order valence-electron chi connectivity index (χ4n) is 0.949. The van der Waals surface area contributed by atoms with Gasteiger partial charge in [0.25, 0.3) is 0 Å². The second-order valence-corrected chi connectivity index (χ2v) is 2.53. The van der Waals surface area contributed by atoms with Crippen molar-refractivity contribution in [3.05, 3.63) is 12.2 Å². The van der Waals surface area contributed by atoms with Crippen LogP contribution < -0.4 is 5.73 Å². The van der Waals surface area contributed by atoms with Gasteiger partial charge in [-0.1, -0.05) is 12.2 Å². The summed E-state index contributed by atoms with van der Waals surface area (Å²) < 4.78 is 0. The maximum atomic E-state index is 11.1. The van der Waals surface area contributed by atoms with Gasteiger partial charge in [-0.3, -0.25) is 4.79 Å². The Bertz CT molecular complexity index is 149. The lowest BCUT2D eigenvalue weighted by Crippen LogP contribution is -2.40. The zero-order valence-electron chi connectivity index (χ0n) is 6.08. The Morgan fingerprint density at radius 1 is 1.70 bits per heavy atom. The summed E-state index contributed by atoms with van der Waals surface area (Å²) in [5.41, 5.74) is 5.53. The highest BCUT2D eigenvalue weighted by Crippen LogP contribution is 2.00. The summed E-state index contributed by atoms with van der Waals surface area (Å²) in [6.07, 6.45) is 4.58. The van der Waals surface area contributed by atoms with E-state index in [0.717, 1.165) is 0 Å². The Balaban J connectivity index is 2.65. The van der Waals surface area contributed by atoms with Crippen molar-refractivity contribution < 1.29 is 4.79 Å². The van der Waals surface area contributed by atoms with Crippen LogP contribution in [0.25, 0.3) is 0 Å². The third-order valence-corrected chi connectivity index (χ3v) is 1.63. The Hall–Kier alpha value is -0.830. The summed E-state index contributed by atoms with van der Waals surface area (Å²) >= 11 is 0. The van der Waals surface area contributed by atoms with Crippen LogP contribution in [0.15, 0.2) is 12.2 Å². The first kappa shape index (κ1) is 7.28. The van der Waals surface area contributed by atoms with Crippen LogP contribution in [0.4, 0.5) is 0 Å². The summed E-state index contributed by atoms with van der Waals surface area (Å²) in [5, 5.41) is 0. The molecule has 1 amide bonds. The van der Waals surface area contributed by atoms with Crippen molar-refractivity contribution >= 4 is 5.91 Å². The molecule has 56 valence electrons. The molecule has 2 N–H and O–H groups in total. The number of amides is 1. The van der Waals surface area contributed by atoms with E-state index in [-0.39, 0.29) is 11.9 Å². The van der Waals surface area contributed by atoms with Crippen LogP contribution >= 0.6 is 0 Å². The first-order valence-corrected chi connectivity index (χ1v) is 3.37. The molecule has 3 heteroatoms. The molecule has 1 heterocycles. The molecule has 10 heavy (non-hydrogen) atoms. The molecule has 0 saturated carbocycles. The molecule has 0 bridgehead atoms. The van der Waals surface area contributed by atoms with Gasteiger partial charge in [0, 0.05) is 13.6 Å². The minimum absolute atomic E-state index is 0.0324. The van der Waals surface area contributed by atoms with Gasteiger partial charge >= 0.3 is 0 Å². The van der Waals surface area contributed by atoms with Crippen LogP contribution in [0.1, 0.15) is 6.42 Å². The number of carbonyl (C=O) groups excluding carboxylic acids is 1. The van der Waals surface area contributed by atoms with Gasteiger partial charge in [-0.25, -0.2) is 0 Å². The van der Waals surface area contributed by atoms with Crippen molar-refractivity contribution in [3.63, 3.8) is 0 Å². The third-order valence-electron chi connectivity index (χ3n) is 1.63. The van der Waals surface area contributed by atoms with Crippen LogP contribution in [0, 0.1) is 0 Å². The molecule has 1 rings (SSSR count). The second-order valence-electron chi connectivity index (χ2n) is 2.53. The first-order valence-electron chi connectivity index (χ1n) is 3.37. The molecule has 0 fully saturated rings. The number of hydrogen-bond donors (Lipinski definition) is 1. The number of rotatable bonds is 0. The Morgan fingerprint density at radius 3 is 3.10 bits per heavy atom. The van der Waals surface area contributed by atoms with E-state index in [0.29, 0.717) is 13.0 Å². The molecule has 1 aliphatic rings. The molecule has 0 aromatic heterocycles. The predicted molar refractivity (Wildman–Crippen MR) is 39.4 cm³/mol. The second kappa shape index (κ2) is 2.84. The fourth-order valence-corrected chi connectivity index (χ4v) is 0.949. The van der Waals surface area contributed by atoms with Crippen molar-refractivity contribution in [3.8, 4) is 0 Å². The highest BCUT2D eigenvalue weighted by molar-refractivity contribution is 5.82. The Labute approximate surface area is 60.5 Å². The smallest absolute Gasteiger partial charge is 0.239 e. The third kappa shape index (κ3) is 1.36. The maximum Gasteiger partial charge on any atom is 0.239 e. The molecule has 0 spiro atoms. The quantitative estimate of drug-likeness (QED) is 0.471. The number of carbonyl (C=O) groups is 1. The molecule has 1 atom stereocenters. The molecule has 0 aromatic rings. The average molecular weight is 140 g/mol.